The molecule has 0 atom stereocenters. The highest BCUT2D eigenvalue weighted by atomic mass is 32.2. The zero-order valence-electron chi connectivity index (χ0n) is 13.2. The number of amides is 2. The summed E-state index contributed by atoms with van der Waals surface area (Å²) >= 11 is 1.46. The summed E-state index contributed by atoms with van der Waals surface area (Å²) in [5, 5.41) is 5.50. The molecule has 0 unspecified atom stereocenters. The molecule has 6 nitrogen and oxygen atoms in total. The molecule has 122 valence electrons. The Morgan fingerprint density at radius 3 is 2.62 bits per heavy atom. The summed E-state index contributed by atoms with van der Waals surface area (Å²) in [4.78, 5) is 31.8. The average Bonchev–Trinajstić information content (AvgIpc) is 2.96. The lowest BCUT2D eigenvalue weighted by molar-refractivity contribution is -0.114. The fourth-order valence-electron chi connectivity index (χ4n) is 2.32. The molecule has 0 saturated carbocycles. The summed E-state index contributed by atoms with van der Waals surface area (Å²) in [6, 6.07) is 12.7. The fraction of sp³-hybridized carbons (Fsp3) is 0.118. The quantitative estimate of drug-likeness (QED) is 0.635. The number of H-pyrrole nitrogens is 1. The molecule has 3 aromatic rings. The van der Waals surface area contributed by atoms with Gasteiger partial charge in [-0.25, -0.2) is 4.98 Å². The standard InChI is InChI=1S/C17H16N4O2S/c1-10(22)18-14-8-7-11(9-15(14)24-2)16(23)21-17-19-12-5-3-4-6-13(12)20-17/h3-9H,1-2H3,(H,18,22)(H2,19,20,21,23). The van der Waals surface area contributed by atoms with Gasteiger partial charge in [-0.05, 0) is 36.6 Å². The molecule has 2 aromatic carbocycles. The van der Waals surface area contributed by atoms with E-state index in [1.165, 1.54) is 18.7 Å². The molecule has 0 saturated heterocycles. The zero-order valence-corrected chi connectivity index (χ0v) is 14.0. The van der Waals surface area contributed by atoms with Crippen molar-refractivity contribution in [1.29, 1.82) is 0 Å². The summed E-state index contributed by atoms with van der Waals surface area (Å²) in [6.07, 6.45) is 1.89. The SMILES string of the molecule is CSc1cc(C(=O)Nc2nc3ccccc3[nH]2)ccc1NC(C)=O. The number of fused-ring (bicyclic) bond motifs is 1. The van der Waals surface area contributed by atoms with Crippen LogP contribution in [0.2, 0.25) is 0 Å². The van der Waals surface area contributed by atoms with Gasteiger partial charge in [0.2, 0.25) is 11.9 Å². The van der Waals surface area contributed by atoms with Crippen LogP contribution in [0.5, 0.6) is 0 Å². The van der Waals surface area contributed by atoms with Gasteiger partial charge in [0.25, 0.3) is 5.91 Å². The van der Waals surface area contributed by atoms with E-state index in [4.69, 9.17) is 0 Å². The lowest BCUT2D eigenvalue weighted by Gasteiger charge is -2.10. The van der Waals surface area contributed by atoms with Crippen molar-refractivity contribution in [3.63, 3.8) is 0 Å². The minimum absolute atomic E-state index is 0.148. The Kier molecular flexibility index (Phi) is 4.52. The minimum atomic E-state index is -0.265. The third-order valence-electron chi connectivity index (χ3n) is 3.40. The van der Waals surface area contributed by atoms with Crippen molar-refractivity contribution in [2.24, 2.45) is 0 Å². The van der Waals surface area contributed by atoms with Gasteiger partial charge in [0.1, 0.15) is 0 Å². The second kappa shape index (κ2) is 6.76. The Labute approximate surface area is 143 Å². The van der Waals surface area contributed by atoms with E-state index in [9.17, 15) is 9.59 Å². The van der Waals surface area contributed by atoms with Crippen LogP contribution in [-0.4, -0.2) is 28.0 Å². The molecule has 1 heterocycles. The molecule has 0 aliphatic rings. The maximum atomic E-state index is 12.4. The Morgan fingerprint density at radius 1 is 1.12 bits per heavy atom. The van der Waals surface area contributed by atoms with Gasteiger partial charge in [-0.3, -0.25) is 14.9 Å². The molecular weight excluding hydrogens is 324 g/mol. The van der Waals surface area contributed by atoms with Crippen molar-refractivity contribution in [3.8, 4) is 0 Å². The van der Waals surface area contributed by atoms with Crippen LogP contribution in [0.25, 0.3) is 11.0 Å². The summed E-state index contributed by atoms with van der Waals surface area (Å²) in [7, 11) is 0. The van der Waals surface area contributed by atoms with Crippen molar-refractivity contribution in [2.75, 3.05) is 16.9 Å². The zero-order chi connectivity index (χ0) is 17.1. The monoisotopic (exact) mass is 340 g/mol. The first-order valence-corrected chi connectivity index (χ1v) is 8.51. The molecule has 0 aliphatic carbocycles. The van der Waals surface area contributed by atoms with Gasteiger partial charge in [0.15, 0.2) is 0 Å². The van der Waals surface area contributed by atoms with Gasteiger partial charge in [0.05, 0.1) is 16.7 Å². The van der Waals surface area contributed by atoms with Crippen LogP contribution in [0, 0.1) is 0 Å². The number of nitrogens with zero attached hydrogens (tertiary/aromatic N) is 1. The predicted octanol–water partition coefficient (Wildman–Crippen LogP) is 3.50. The third kappa shape index (κ3) is 3.41. The first-order chi connectivity index (χ1) is 11.6. The number of hydrogen-bond donors (Lipinski definition) is 3. The number of nitrogens with one attached hydrogen (secondary N) is 3. The van der Waals surface area contributed by atoms with E-state index in [0.29, 0.717) is 17.2 Å². The molecule has 24 heavy (non-hydrogen) atoms. The van der Waals surface area contributed by atoms with Gasteiger partial charge in [-0.2, -0.15) is 0 Å². The number of imidazole rings is 1. The number of thioether (sulfide) groups is 1. The summed E-state index contributed by atoms with van der Waals surface area (Å²) < 4.78 is 0. The van der Waals surface area contributed by atoms with Crippen molar-refractivity contribution < 1.29 is 9.59 Å². The van der Waals surface area contributed by atoms with Gasteiger partial charge >= 0.3 is 0 Å². The normalized spacial score (nSPS) is 10.6. The number of carbonyl (C=O) groups excluding carboxylic acids is 2. The molecule has 0 fully saturated rings. The number of aromatic nitrogens is 2. The topological polar surface area (TPSA) is 86.9 Å². The molecule has 3 rings (SSSR count). The number of benzene rings is 2. The molecule has 3 N–H and O–H groups in total. The van der Waals surface area contributed by atoms with E-state index in [1.54, 1.807) is 18.2 Å². The number of carbonyl (C=O) groups is 2. The number of aromatic amines is 1. The van der Waals surface area contributed by atoms with Crippen molar-refractivity contribution in [1.82, 2.24) is 9.97 Å². The second-order valence-corrected chi connectivity index (χ2v) is 6.00. The van der Waals surface area contributed by atoms with Crippen molar-refractivity contribution in [2.45, 2.75) is 11.8 Å². The van der Waals surface area contributed by atoms with E-state index in [2.05, 4.69) is 20.6 Å². The van der Waals surface area contributed by atoms with Crippen molar-refractivity contribution >= 4 is 46.2 Å². The van der Waals surface area contributed by atoms with Crippen LogP contribution in [0.1, 0.15) is 17.3 Å². The second-order valence-electron chi connectivity index (χ2n) is 5.15. The Bertz CT molecular complexity index is 887. The maximum Gasteiger partial charge on any atom is 0.258 e. The predicted molar refractivity (Wildman–Crippen MR) is 96.6 cm³/mol. The summed E-state index contributed by atoms with van der Waals surface area (Å²) in [5.41, 5.74) is 2.83. The smallest absolute Gasteiger partial charge is 0.258 e. The van der Waals surface area contributed by atoms with Crippen LogP contribution in [0.15, 0.2) is 47.4 Å². The molecule has 2 amide bonds. The number of anilines is 2. The first kappa shape index (κ1) is 16.1. The molecule has 0 spiro atoms. The number of rotatable bonds is 4. The van der Waals surface area contributed by atoms with Crippen LogP contribution in [-0.2, 0) is 4.79 Å². The van der Waals surface area contributed by atoms with E-state index in [1.807, 2.05) is 30.5 Å². The Balaban J connectivity index is 1.82. The molecule has 0 bridgehead atoms. The van der Waals surface area contributed by atoms with E-state index < -0.39 is 0 Å². The third-order valence-corrected chi connectivity index (χ3v) is 4.17. The summed E-state index contributed by atoms with van der Waals surface area (Å²) in [5.74, 6) is -0.0126. The molecule has 0 aliphatic heterocycles. The average molecular weight is 340 g/mol. The van der Waals surface area contributed by atoms with Crippen LogP contribution >= 0.6 is 11.8 Å². The largest absolute Gasteiger partial charge is 0.325 e. The Morgan fingerprint density at radius 2 is 1.92 bits per heavy atom. The summed E-state index contributed by atoms with van der Waals surface area (Å²) in [6.45, 7) is 1.45. The molecular formula is C17H16N4O2S. The van der Waals surface area contributed by atoms with Gasteiger partial charge < -0.3 is 10.3 Å². The van der Waals surface area contributed by atoms with Gasteiger partial charge in [-0.1, -0.05) is 12.1 Å². The van der Waals surface area contributed by atoms with E-state index in [-0.39, 0.29) is 11.8 Å². The molecule has 7 heteroatoms. The van der Waals surface area contributed by atoms with E-state index >= 15 is 0 Å². The maximum absolute atomic E-state index is 12.4. The van der Waals surface area contributed by atoms with E-state index in [0.717, 1.165) is 15.9 Å². The van der Waals surface area contributed by atoms with Crippen LogP contribution in [0.3, 0.4) is 0 Å². The van der Waals surface area contributed by atoms with Crippen LogP contribution in [0.4, 0.5) is 11.6 Å². The highest BCUT2D eigenvalue weighted by Crippen LogP contribution is 2.27. The minimum Gasteiger partial charge on any atom is -0.325 e. The van der Waals surface area contributed by atoms with Crippen molar-refractivity contribution in [3.05, 3.63) is 48.0 Å². The Hall–Kier alpha value is -2.80. The fourth-order valence-corrected chi connectivity index (χ4v) is 2.90. The lowest BCUT2D eigenvalue weighted by atomic mass is 10.2. The first-order valence-electron chi connectivity index (χ1n) is 7.28. The lowest BCUT2D eigenvalue weighted by Crippen LogP contribution is -2.14. The van der Waals surface area contributed by atoms with Crippen LogP contribution < -0.4 is 10.6 Å². The van der Waals surface area contributed by atoms with Gasteiger partial charge in [0, 0.05) is 17.4 Å². The molecule has 0 radical (unpaired) electrons. The highest BCUT2D eigenvalue weighted by Gasteiger charge is 2.12. The van der Waals surface area contributed by atoms with Gasteiger partial charge in [-0.15, -0.1) is 11.8 Å². The number of para-hydroxylation sites is 2. The number of hydrogen-bond acceptors (Lipinski definition) is 4. The molecule has 1 aromatic heterocycles. The highest BCUT2D eigenvalue weighted by molar-refractivity contribution is 7.98.